The van der Waals surface area contributed by atoms with Gasteiger partial charge in [0, 0.05) is 13.0 Å². The van der Waals surface area contributed by atoms with Gasteiger partial charge in [-0.1, -0.05) is 0 Å². The first-order valence-corrected chi connectivity index (χ1v) is 2.82. The van der Waals surface area contributed by atoms with Crippen LogP contribution in [0.3, 0.4) is 0 Å². The Bertz CT molecular complexity index is 56.9. The molecule has 0 aromatic carbocycles. The molecule has 1 atom stereocenters. The molecule has 0 aromatic rings. The van der Waals surface area contributed by atoms with Crippen LogP contribution >= 0.6 is 0 Å². The third-order valence-corrected chi connectivity index (χ3v) is 0.778. The predicted molar refractivity (Wildman–Crippen MR) is 30.7 cm³/mol. The minimum absolute atomic E-state index is 0.105. The van der Waals surface area contributed by atoms with Crippen LogP contribution in [0.5, 0.6) is 0 Å². The molecule has 0 amide bonds. The standard InChI is InChI=1S/C5H12O4/c6-2-1-5(8)9-4-3-7/h5-8H,1-4H2. The van der Waals surface area contributed by atoms with Gasteiger partial charge in [0.25, 0.3) is 0 Å². The minimum atomic E-state index is -0.942. The average Bonchev–Trinajstić information content (AvgIpc) is 1.85. The quantitative estimate of drug-likeness (QED) is 0.411. The van der Waals surface area contributed by atoms with E-state index in [0.717, 1.165) is 0 Å². The third kappa shape index (κ3) is 5.72. The van der Waals surface area contributed by atoms with Crippen molar-refractivity contribution in [1.82, 2.24) is 0 Å². The van der Waals surface area contributed by atoms with Gasteiger partial charge in [-0.05, 0) is 0 Å². The van der Waals surface area contributed by atoms with Crippen LogP contribution in [-0.4, -0.2) is 41.4 Å². The smallest absolute Gasteiger partial charge is 0.156 e. The van der Waals surface area contributed by atoms with E-state index in [1.54, 1.807) is 0 Å². The Labute approximate surface area is 53.7 Å². The zero-order valence-corrected chi connectivity index (χ0v) is 5.16. The molecule has 56 valence electrons. The molecule has 9 heavy (non-hydrogen) atoms. The lowest BCUT2D eigenvalue weighted by Crippen LogP contribution is -2.15. The fraction of sp³-hybridized carbons (Fsp3) is 1.00. The van der Waals surface area contributed by atoms with Crippen LogP contribution in [0.15, 0.2) is 0 Å². The molecular formula is C5H12O4. The van der Waals surface area contributed by atoms with E-state index in [1.165, 1.54) is 0 Å². The first-order chi connectivity index (χ1) is 4.31. The molecule has 0 rings (SSSR count). The second kappa shape index (κ2) is 5.97. The van der Waals surface area contributed by atoms with Gasteiger partial charge in [-0.25, -0.2) is 0 Å². The number of aliphatic hydroxyl groups is 3. The third-order valence-electron chi connectivity index (χ3n) is 0.778. The van der Waals surface area contributed by atoms with Crippen molar-refractivity contribution >= 4 is 0 Å². The Hall–Kier alpha value is -0.160. The monoisotopic (exact) mass is 136 g/mol. The van der Waals surface area contributed by atoms with Gasteiger partial charge in [0.1, 0.15) is 0 Å². The first kappa shape index (κ1) is 8.84. The number of aliphatic hydroxyl groups excluding tert-OH is 3. The van der Waals surface area contributed by atoms with Crippen molar-refractivity contribution in [2.75, 3.05) is 19.8 Å². The Kier molecular flexibility index (Phi) is 5.86. The summed E-state index contributed by atoms with van der Waals surface area (Å²) in [5.74, 6) is 0. The van der Waals surface area contributed by atoms with Crippen LogP contribution in [0.2, 0.25) is 0 Å². The summed E-state index contributed by atoms with van der Waals surface area (Å²) in [6, 6.07) is 0. The van der Waals surface area contributed by atoms with E-state index in [4.69, 9.17) is 15.3 Å². The highest BCUT2D eigenvalue weighted by Gasteiger charge is 1.99. The van der Waals surface area contributed by atoms with Gasteiger partial charge in [-0.15, -0.1) is 0 Å². The Balaban J connectivity index is 2.95. The topological polar surface area (TPSA) is 69.9 Å². The lowest BCUT2D eigenvalue weighted by Gasteiger charge is -2.07. The fourth-order valence-electron chi connectivity index (χ4n) is 0.383. The maximum Gasteiger partial charge on any atom is 0.156 e. The van der Waals surface area contributed by atoms with Gasteiger partial charge in [0.2, 0.25) is 0 Å². The maximum atomic E-state index is 8.69. The summed E-state index contributed by atoms with van der Waals surface area (Å²) in [4.78, 5) is 0. The SMILES string of the molecule is OCCOC(O)CCO. The predicted octanol–water partition coefficient (Wildman–Crippen LogP) is -1.30. The van der Waals surface area contributed by atoms with Gasteiger partial charge in [0.15, 0.2) is 6.29 Å². The minimum Gasteiger partial charge on any atom is -0.396 e. The summed E-state index contributed by atoms with van der Waals surface area (Å²) < 4.78 is 4.58. The van der Waals surface area contributed by atoms with Crippen molar-refractivity contribution in [3.63, 3.8) is 0 Å². The van der Waals surface area contributed by atoms with E-state index in [9.17, 15) is 0 Å². The van der Waals surface area contributed by atoms with Crippen molar-refractivity contribution in [1.29, 1.82) is 0 Å². The van der Waals surface area contributed by atoms with Crippen LogP contribution < -0.4 is 0 Å². The van der Waals surface area contributed by atoms with Crippen molar-refractivity contribution < 1.29 is 20.1 Å². The molecule has 0 aromatic heterocycles. The molecule has 0 aliphatic carbocycles. The molecule has 3 N–H and O–H groups in total. The summed E-state index contributed by atoms with van der Waals surface area (Å²) in [6.45, 7) is -0.101. The maximum absolute atomic E-state index is 8.69. The van der Waals surface area contributed by atoms with E-state index in [1.807, 2.05) is 0 Å². The molecule has 0 aliphatic heterocycles. The molecule has 0 saturated carbocycles. The number of rotatable bonds is 5. The molecule has 0 spiro atoms. The molecule has 4 heteroatoms. The van der Waals surface area contributed by atoms with Gasteiger partial charge in [-0.2, -0.15) is 0 Å². The van der Waals surface area contributed by atoms with Crippen molar-refractivity contribution in [3.8, 4) is 0 Å². The Morgan fingerprint density at radius 1 is 1.22 bits per heavy atom. The normalized spacial score (nSPS) is 13.7. The zero-order valence-electron chi connectivity index (χ0n) is 5.16. The number of ether oxygens (including phenoxy) is 1. The lowest BCUT2D eigenvalue weighted by molar-refractivity contribution is -0.115. The van der Waals surface area contributed by atoms with E-state index >= 15 is 0 Å². The zero-order chi connectivity index (χ0) is 7.11. The molecule has 0 fully saturated rings. The summed E-state index contributed by atoms with van der Waals surface area (Å²) in [5.41, 5.74) is 0. The fourth-order valence-corrected chi connectivity index (χ4v) is 0.383. The van der Waals surface area contributed by atoms with Crippen LogP contribution in [0, 0.1) is 0 Å². The summed E-state index contributed by atoms with van der Waals surface area (Å²) in [7, 11) is 0. The molecule has 1 unspecified atom stereocenters. The number of hydrogen-bond acceptors (Lipinski definition) is 4. The summed E-state index contributed by atoms with van der Waals surface area (Å²) >= 11 is 0. The Morgan fingerprint density at radius 2 is 1.89 bits per heavy atom. The highest BCUT2D eigenvalue weighted by Crippen LogP contribution is 1.90. The second-order valence-electron chi connectivity index (χ2n) is 1.56. The molecule has 0 bridgehead atoms. The van der Waals surface area contributed by atoms with E-state index in [-0.39, 0.29) is 26.2 Å². The van der Waals surface area contributed by atoms with Crippen LogP contribution in [0.1, 0.15) is 6.42 Å². The Morgan fingerprint density at radius 3 is 2.33 bits per heavy atom. The molecule has 0 saturated heterocycles. The van der Waals surface area contributed by atoms with Gasteiger partial charge in [0.05, 0.1) is 13.2 Å². The van der Waals surface area contributed by atoms with Crippen LogP contribution in [-0.2, 0) is 4.74 Å². The lowest BCUT2D eigenvalue weighted by atomic mass is 10.4. The first-order valence-electron chi connectivity index (χ1n) is 2.82. The molecule has 0 radical (unpaired) electrons. The summed E-state index contributed by atoms with van der Waals surface area (Å²) in [6.07, 6.45) is -0.748. The molecule has 4 nitrogen and oxygen atoms in total. The van der Waals surface area contributed by atoms with E-state index in [2.05, 4.69) is 4.74 Å². The van der Waals surface area contributed by atoms with E-state index in [0.29, 0.717) is 0 Å². The molecular weight excluding hydrogens is 124 g/mol. The van der Waals surface area contributed by atoms with Crippen LogP contribution in [0.4, 0.5) is 0 Å². The van der Waals surface area contributed by atoms with Crippen molar-refractivity contribution in [3.05, 3.63) is 0 Å². The average molecular weight is 136 g/mol. The van der Waals surface area contributed by atoms with Gasteiger partial charge < -0.3 is 20.1 Å². The molecule has 0 aliphatic rings. The largest absolute Gasteiger partial charge is 0.396 e. The number of hydrogen-bond donors (Lipinski definition) is 3. The van der Waals surface area contributed by atoms with Crippen molar-refractivity contribution in [2.24, 2.45) is 0 Å². The van der Waals surface area contributed by atoms with Gasteiger partial charge >= 0.3 is 0 Å². The molecule has 0 heterocycles. The van der Waals surface area contributed by atoms with Crippen molar-refractivity contribution in [2.45, 2.75) is 12.7 Å². The van der Waals surface area contributed by atoms with Crippen LogP contribution in [0.25, 0.3) is 0 Å². The second-order valence-corrected chi connectivity index (χ2v) is 1.56. The van der Waals surface area contributed by atoms with Gasteiger partial charge in [-0.3, -0.25) is 0 Å². The highest BCUT2D eigenvalue weighted by atomic mass is 16.6. The highest BCUT2D eigenvalue weighted by molar-refractivity contribution is 4.38. The van der Waals surface area contributed by atoms with E-state index < -0.39 is 6.29 Å². The summed E-state index contributed by atoms with van der Waals surface area (Å²) in [5, 5.41) is 25.1.